The second-order valence-electron chi connectivity index (χ2n) is 13.2. The Morgan fingerprint density at radius 2 is 1.02 bits per heavy atom. The maximum Gasteiger partial charge on any atom is 0.261 e. The summed E-state index contributed by atoms with van der Waals surface area (Å²) in [6.07, 6.45) is -0.142. The molecule has 0 fully saturated rings. The first-order valence-corrected chi connectivity index (χ1v) is 18.9. The van der Waals surface area contributed by atoms with Gasteiger partial charge in [0.1, 0.15) is 18.5 Å². The van der Waals surface area contributed by atoms with Crippen LogP contribution in [0, 0.1) is 0 Å². The molecule has 0 heterocycles. The number of hydrogen-bond donors (Lipinski definition) is 0. The van der Waals surface area contributed by atoms with E-state index >= 15 is 0 Å². The molecular weight excluding hydrogens is 625 g/mol. The van der Waals surface area contributed by atoms with Gasteiger partial charge in [0.2, 0.25) is 0 Å². The van der Waals surface area contributed by atoms with Gasteiger partial charge in [-0.15, -0.1) is 0 Å². The van der Waals surface area contributed by atoms with Gasteiger partial charge in [0.15, 0.2) is 5.78 Å². The summed E-state index contributed by atoms with van der Waals surface area (Å²) in [5, 5.41) is 2.22. The van der Waals surface area contributed by atoms with E-state index in [2.05, 4.69) is 106 Å². The van der Waals surface area contributed by atoms with Crippen molar-refractivity contribution in [3.63, 3.8) is 0 Å². The van der Waals surface area contributed by atoms with Gasteiger partial charge >= 0.3 is 0 Å². The Bertz CT molecular complexity index is 1560. The Hall–Kier alpha value is -4.17. The fourth-order valence-corrected chi connectivity index (χ4v) is 11.4. The van der Waals surface area contributed by atoms with Gasteiger partial charge in [0, 0.05) is 26.6 Å². The Morgan fingerprint density at radius 1 is 0.612 bits per heavy atom. The molecule has 0 saturated heterocycles. The van der Waals surface area contributed by atoms with Crippen LogP contribution in [-0.2, 0) is 29.0 Å². The molecule has 49 heavy (non-hydrogen) atoms. The molecule has 1 atom stereocenters. The van der Waals surface area contributed by atoms with Gasteiger partial charge < -0.3 is 18.6 Å². The predicted molar refractivity (Wildman–Crippen MR) is 200 cm³/mol. The third-order valence-electron chi connectivity index (χ3n) is 9.07. The minimum atomic E-state index is -2.77. The second-order valence-corrected chi connectivity index (χ2v) is 17.5. The highest BCUT2D eigenvalue weighted by molar-refractivity contribution is 6.99. The summed E-state index contributed by atoms with van der Waals surface area (Å²) in [5.41, 5.74) is 2.07. The summed E-state index contributed by atoms with van der Waals surface area (Å²) in [5.74, 6) is -0.0498. The van der Waals surface area contributed by atoms with E-state index in [1.165, 1.54) is 10.4 Å². The molecule has 6 heteroatoms. The Morgan fingerprint density at radius 3 is 1.41 bits per heavy atom. The van der Waals surface area contributed by atoms with Crippen LogP contribution >= 0.6 is 0 Å². The largest absolute Gasteiger partial charge is 0.407 e. The van der Waals surface area contributed by atoms with Crippen molar-refractivity contribution in [2.45, 2.75) is 50.4 Å². The molecule has 0 aliphatic heterocycles. The number of hydrogen-bond acceptors (Lipinski definition) is 5. The van der Waals surface area contributed by atoms with Gasteiger partial charge in [-0.05, 0) is 32.1 Å². The van der Waals surface area contributed by atoms with Crippen LogP contribution in [0.2, 0.25) is 5.04 Å². The molecule has 0 aliphatic carbocycles. The summed E-state index contributed by atoms with van der Waals surface area (Å²) >= 11 is 0. The van der Waals surface area contributed by atoms with Gasteiger partial charge in [0.05, 0.1) is 6.61 Å². The van der Waals surface area contributed by atoms with Crippen molar-refractivity contribution in [2.24, 2.45) is 0 Å². The van der Waals surface area contributed by atoms with Crippen molar-refractivity contribution >= 4 is 24.5 Å². The van der Waals surface area contributed by atoms with Crippen LogP contribution in [-0.4, -0.2) is 47.3 Å². The first-order chi connectivity index (χ1) is 23.8. The van der Waals surface area contributed by atoms with Gasteiger partial charge in [-0.1, -0.05) is 172 Å². The number of ketones is 1. The monoisotopic (exact) mass is 672 g/mol. The summed E-state index contributed by atoms with van der Waals surface area (Å²) in [7, 11) is -1.20. The minimum Gasteiger partial charge on any atom is -0.407 e. The van der Waals surface area contributed by atoms with Crippen LogP contribution in [0.3, 0.4) is 0 Å². The van der Waals surface area contributed by atoms with Gasteiger partial charge in [-0.25, -0.2) is 0 Å². The van der Waals surface area contributed by atoms with E-state index in [0.717, 1.165) is 16.7 Å². The van der Waals surface area contributed by atoms with E-state index < -0.39 is 20.0 Å². The van der Waals surface area contributed by atoms with E-state index in [4.69, 9.17) is 18.6 Å². The van der Waals surface area contributed by atoms with E-state index in [1.54, 1.807) is 7.11 Å². The fraction of sp³-hybridized carbons (Fsp3) is 0.279. The van der Waals surface area contributed by atoms with Crippen molar-refractivity contribution in [2.75, 3.05) is 27.1 Å². The molecule has 0 spiro atoms. The lowest BCUT2D eigenvalue weighted by molar-refractivity contribution is -0.142. The van der Waals surface area contributed by atoms with E-state index in [1.807, 2.05) is 66.7 Å². The quantitative estimate of drug-likeness (QED) is 0.0571. The molecule has 5 aromatic rings. The summed E-state index contributed by atoms with van der Waals surface area (Å²) in [6, 6.07) is 51.6. The van der Waals surface area contributed by atoms with Crippen LogP contribution in [0.25, 0.3) is 0 Å². The van der Waals surface area contributed by atoms with Crippen molar-refractivity contribution in [3.8, 4) is 0 Å². The molecule has 5 rings (SSSR count). The maximum atomic E-state index is 13.9. The van der Waals surface area contributed by atoms with Crippen molar-refractivity contribution in [1.82, 2.24) is 0 Å². The Labute approximate surface area is 293 Å². The molecular formula is C43H48O5Si. The standard InChI is InChI=1S/C43H48O5Si/c1-42(2,3)49(38-26-16-8-17-27-38,39-28-18-9-19-29-39)48-33-31-41(46-34-45-4)40(44)30-32-47-43(35-20-10-5-11-21-35,36-22-12-6-13-23-36)37-24-14-7-15-25-37/h5-29,41H,30-34H2,1-4H3/t41-/m1/s1. The number of Topliss-reactive ketones (excluding diaryl/α,β-unsaturated/α-hetero) is 1. The van der Waals surface area contributed by atoms with Crippen LogP contribution in [0.1, 0.15) is 50.3 Å². The first-order valence-electron chi connectivity index (χ1n) is 17.0. The lowest BCUT2D eigenvalue weighted by Gasteiger charge is -2.43. The average molecular weight is 673 g/mol. The third kappa shape index (κ3) is 8.18. The number of rotatable bonds is 17. The fourth-order valence-electron chi connectivity index (χ4n) is 6.80. The summed E-state index contributed by atoms with van der Waals surface area (Å²) in [4.78, 5) is 13.9. The molecule has 0 amide bonds. The zero-order valence-electron chi connectivity index (χ0n) is 29.1. The summed E-state index contributed by atoms with van der Waals surface area (Å²) in [6.45, 7) is 7.31. The van der Waals surface area contributed by atoms with E-state index in [0.29, 0.717) is 13.0 Å². The lowest BCUT2D eigenvalue weighted by Crippen LogP contribution is -2.66. The lowest BCUT2D eigenvalue weighted by atomic mass is 9.80. The third-order valence-corrected chi connectivity index (χ3v) is 14.1. The van der Waals surface area contributed by atoms with Crippen LogP contribution < -0.4 is 10.4 Å². The zero-order valence-corrected chi connectivity index (χ0v) is 30.1. The number of ether oxygens (including phenoxy) is 3. The number of carbonyl (C=O) groups excluding carboxylic acids is 1. The van der Waals surface area contributed by atoms with Gasteiger partial charge in [-0.3, -0.25) is 4.79 Å². The maximum absolute atomic E-state index is 13.9. The van der Waals surface area contributed by atoms with Crippen molar-refractivity contribution in [1.29, 1.82) is 0 Å². The number of methoxy groups -OCH3 is 1. The molecule has 0 radical (unpaired) electrons. The number of benzene rings is 5. The molecule has 254 valence electrons. The molecule has 0 aliphatic rings. The highest BCUT2D eigenvalue weighted by Gasteiger charge is 2.50. The Kier molecular flexibility index (Phi) is 12.5. The predicted octanol–water partition coefficient (Wildman–Crippen LogP) is 7.91. The minimum absolute atomic E-state index is 0.0124. The van der Waals surface area contributed by atoms with Crippen LogP contribution in [0.4, 0.5) is 0 Å². The van der Waals surface area contributed by atoms with Crippen LogP contribution in [0.15, 0.2) is 152 Å². The normalized spacial score (nSPS) is 12.8. The molecule has 0 aromatic heterocycles. The molecule has 0 N–H and O–H groups in total. The molecule has 5 aromatic carbocycles. The zero-order chi connectivity index (χ0) is 34.6. The number of carbonyl (C=O) groups is 1. The van der Waals surface area contributed by atoms with E-state index in [-0.39, 0.29) is 30.6 Å². The second kappa shape index (κ2) is 17.0. The van der Waals surface area contributed by atoms with Gasteiger partial charge in [-0.2, -0.15) is 0 Å². The highest BCUT2D eigenvalue weighted by Crippen LogP contribution is 2.41. The Balaban J connectivity index is 1.38. The first kappa shape index (κ1) is 36.1. The molecule has 5 nitrogen and oxygen atoms in total. The van der Waals surface area contributed by atoms with Crippen molar-refractivity contribution in [3.05, 3.63) is 168 Å². The van der Waals surface area contributed by atoms with E-state index in [9.17, 15) is 4.79 Å². The average Bonchev–Trinajstić information content (AvgIpc) is 3.14. The topological polar surface area (TPSA) is 54.0 Å². The molecule has 0 bridgehead atoms. The SMILES string of the molecule is COCO[C@H](CCO[Si](c1ccccc1)(c1ccccc1)C(C)(C)C)C(=O)CCOC(c1ccccc1)(c1ccccc1)c1ccccc1. The highest BCUT2D eigenvalue weighted by atomic mass is 28.4. The molecule has 0 saturated carbocycles. The summed E-state index contributed by atoms with van der Waals surface area (Å²) < 4.78 is 25.3. The molecule has 0 unspecified atom stereocenters. The smallest absolute Gasteiger partial charge is 0.261 e. The van der Waals surface area contributed by atoms with Crippen molar-refractivity contribution < 1.29 is 23.4 Å². The van der Waals surface area contributed by atoms with Gasteiger partial charge in [0.25, 0.3) is 8.32 Å². The van der Waals surface area contributed by atoms with Crippen LogP contribution in [0.5, 0.6) is 0 Å².